The molecule has 0 spiro atoms. The van der Waals surface area contributed by atoms with Crippen LogP contribution in [-0.2, 0) is 19.8 Å². The second-order valence-corrected chi connectivity index (χ2v) is 9.01. The first-order valence-corrected chi connectivity index (χ1v) is 9.95. The number of aromatic nitrogens is 2. The fourth-order valence-corrected chi connectivity index (χ4v) is 3.38. The Morgan fingerprint density at radius 2 is 1.77 bits per heavy atom. The number of nitrogens with one attached hydrogen (secondary N) is 2. The van der Waals surface area contributed by atoms with E-state index in [-0.39, 0.29) is 11.1 Å². The zero-order chi connectivity index (χ0) is 16.5. The number of hydrogen-bond acceptors (Lipinski definition) is 5. The summed E-state index contributed by atoms with van der Waals surface area (Å²) in [6.07, 6.45) is 4.24. The predicted molar refractivity (Wildman–Crippen MR) is 84.9 cm³/mol. The molecule has 2 N–H and O–H groups in total. The van der Waals surface area contributed by atoms with E-state index in [1.165, 1.54) is 43.0 Å². The SMILES string of the molecule is CC(C)n1cnc(S(=O)(=O)Nc2ccc(S(C)(=N)=O)cc2)c1. The van der Waals surface area contributed by atoms with E-state index < -0.39 is 19.8 Å². The fourth-order valence-electron chi connectivity index (χ4n) is 1.73. The van der Waals surface area contributed by atoms with Gasteiger partial charge in [0, 0.05) is 29.1 Å². The van der Waals surface area contributed by atoms with E-state index in [2.05, 4.69) is 9.71 Å². The minimum atomic E-state index is -3.77. The molecule has 0 saturated heterocycles. The number of benzene rings is 1. The van der Waals surface area contributed by atoms with Gasteiger partial charge in [0.25, 0.3) is 10.0 Å². The number of hydrogen-bond donors (Lipinski definition) is 2. The zero-order valence-corrected chi connectivity index (χ0v) is 14.1. The Bertz CT molecular complexity index is 866. The molecule has 1 unspecified atom stereocenters. The summed E-state index contributed by atoms with van der Waals surface area (Å²) < 4.78 is 47.6. The lowest BCUT2D eigenvalue weighted by Crippen LogP contribution is -2.13. The number of sulfonamides is 1. The van der Waals surface area contributed by atoms with Crippen molar-refractivity contribution in [1.82, 2.24) is 9.55 Å². The normalized spacial score (nSPS) is 14.7. The number of imidazole rings is 1. The van der Waals surface area contributed by atoms with E-state index in [4.69, 9.17) is 4.78 Å². The van der Waals surface area contributed by atoms with E-state index >= 15 is 0 Å². The second kappa shape index (κ2) is 5.73. The van der Waals surface area contributed by atoms with Gasteiger partial charge in [0.15, 0.2) is 5.03 Å². The molecular weight excluding hydrogens is 324 g/mol. The highest BCUT2D eigenvalue weighted by Gasteiger charge is 2.18. The number of anilines is 1. The van der Waals surface area contributed by atoms with Gasteiger partial charge in [-0.05, 0) is 38.1 Å². The van der Waals surface area contributed by atoms with Crippen molar-refractivity contribution in [2.45, 2.75) is 29.8 Å². The fraction of sp³-hybridized carbons (Fsp3) is 0.308. The summed E-state index contributed by atoms with van der Waals surface area (Å²) in [5, 5.41) is -0.0648. The maximum absolute atomic E-state index is 12.2. The molecule has 0 radical (unpaired) electrons. The summed E-state index contributed by atoms with van der Waals surface area (Å²) in [7, 11) is -6.59. The smallest absolute Gasteiger partial charge is 0.280 e. The van der Waals surface area contributed by atoms with Gasteiger partial charge in [-0.25, -0.2) is 14.0 Å². The van der Waals surface area contributed by atoms with Gasteiger partial charge in [0.1, 0.15) is 0 Å². The second-order valence-electron chi connectivity index (χ2n) is 5.23. The van der Waals surface area contributed by atoms with Crippen LogP contribution in [0.2, 0.25) is 0 Å². The molecule has 1 aromatic heterocycles. The molecule has 22 heavy (non-hydrogen) atoms. The standard InChI is InChI=1S/C13H18N4O3S2/c1-10(2)17-8-13(15-9-17)22(19,20)16-11-4-6-12(7-5-11)21(3,14)18/h4-10,14,16H,1-3H3. The molecule has 0 aliphatic heterocycles. The third-order valence-corrected chi connectivity index (χ3v) is 5.44. The molecule has 120 valence electrons. The van der Waals surface area contributed by atoms with Crippen molar-refractivity contribution < 1.29 is 12.6 Å². The molecule has 9 heteroatoms. The summed E-state index contributed by atoms with van der Waals surface area (Å²) in [6.45, 7) is 3.85. The van der Waals surface area contributed by atoms with Crippen LogP contribution in [0.1, 0.15) is 19.9 Å². The van der Waals surface area contributed by atoms with Crippen molar-refractivity contribution in [1.29, 1.82) is 4.78 Å². The first-order chi connectivity index (χ1) is 10.1. The van der Waals surface area contributed by atoms with Crippen LogP contribution in [0.25, 0.3) is 0 Å². The van der Waals surface area contributed by atoms with Crippen LogP contribution in [0.15, 0.2) is 46.7 Å². The molecule has 0 aliphatic rings. The largest absolute Gasteiger partial charge is 0.334 e. The van der Waals surface area contributed by atoms with Crippen LogP contribution < -0.4 is 4.72 Å². The van der Waals surface area contributed by atoms with Crippen LogP contribution in [0.4, 0.5) is 5.69 Å². The van der Waals surface area contributed by atoms with Crippen molar-refractivity contribution in [2.75, 3.05) is 11.0 Å². The zero-order valence-electron chi connectivity index (χ0n) is 12.5. The minimum Gasteiger partial charge on any atom is -0.334 e. The van der Waals surface area contributed by atoms with Gasteiger partial charge in [0.2, 0.25) is 0 Å². The first kappa shape index (κ1) is 16.5. The molecule has 2 rings (SSSR count). The monoisotopic (exact) mass is 342 g/mol. The van der Waals surface area contributed by atoms with Gasteiger partial charge >= 0.3 is 0 Å². The Kier molecular flexibility index (Phi) is 4.30. The number of rotatable bonds is 5. The summed E-state index contributed by atoms with van der Waals surface area (Å²) in [6, 6.07) is 6.01. The summed E-state index contributed by atoms with van der Waals surface area (Å²) >= 11 is 0. The van der Waals surface area contributed by atoms with Crippen molar-refractivity contribution in [3.63, 3.8) is 0 Å². The van der Waals surface area contributed by atoms with Gasteiger partial charge in [0.05, 0.1) is 16.1 Å². The van der Waals surface area contributed by atoms with E-state index in [0.29, 0.717) is 10.6 Å². The molecule has 1 aromatic carbocycles. The Hall–Kier alpha value is -1.87. The maximum atomic E-state index is 12.2. The van der Waals surface area contributed by atoms with E-state index in [0.717, 1.165) is 0 Å². The lowest BCUT2D eigenvalue weighted by molar-refractivity contribution is 0.591. The van der Waals surface area contributed by atoms with Crippen LogP contribution in [0, 0.1) is 4.78 Å². The minimum absolute atomic E-state index is 0.0648. The highest BCUT2D eigenvalue weighted by Crippen LogP contribution is 2.18. The predicted octanol–water partition coefficient (Wildman–Crippen LogP) is 2.30. The van der Waals surface area contributed by atoms with E-state index in [1.54, 1.807) is 4.57 Å². The molecule has 1 atom stereocenters. The molecule has 1 heterocycles. The average Bonchev–Trinajstić information content (AvgIpc) is 2.88. The Labute approximate surface area is 130 Å². The van der Waals surface area contributed by atoms with Crippen molar-refractivity contribution in [3.8, 4) is 0 Å². The molecule has 2 aromatic rings. The van der Waals surface area contributed by atoms with E-state index in [1.807, 2.05) is 13.8 Å². The van der Waals surface area contributed by atoms with Crippen LogP contribution in [0.5, 0.6) is 0 Å². The van der Waals surface area contributed by atoms with Crippen LogP contribution in [0.3, 0.4) is 0 Å². The highest BCUT2D eigenvalue weighted by molar-refractivity contribution is 7.92. The highest BCUT2D eigenvalue weighted by atomic mass is 32.2. The third-order valence-electron chi connectivity index (χ3n) is 3.01. The molecule has 0 aliphatic carbocycles. The molecule has 7 nitrogen and oxygen atoms in total. The average molecular weight is 342 g/mol. The first-order valence-electron chi connectivity index (χ1n) is 6.50. The number of nitrogens with zero attached hydrogens (tertiary/aromatic N) is 2. The van der Waals surface area contributed by atoms with Gasteiger partial charge in [-0.3, -0.25) is 4.72 Å². The third kappa shape index (κ3) is 3.66. The quantitative estimate of drug-likeness (QED) is 0.869. The molecule has 0 bridgehead atoms. The summed E-state index contributed by atoms with van der Waals surface area (Å²) in [5.74, 6) is 0. The van der Waals surface area contributed by atoms with Crippen molar-refractivity contribution in [3.05, 3.63) is 36.8 Å². The van der Waals surface area contributed by atoms with E-state index in [9.17, 15) is 12.6 Å². The lowest BCUT2D eigenvalue weighted by Gasteiger charge is -2.07. The Balaban J connectivity index is 2.25. The van der Waals surface area contributed by atoms with Crippen LogP contribution >= 0.6 is 0 Å². The summed E-state index contributed by atoms with van der Waals surface area (Å²) in [4.78, 5) is 4.25. The van der Waals surface area contributed by atoms with Gasteiger partial charge in [-0.15, -0.1) is 0 Å². The van der Waals surface area contributed by atoms with Gasteiger partial charge < -0.3 is 4.57 Å². The molecule has 0 fully saturated rings. The van der Waals surface area contributed by atoms with Crippen LogP contribution in [-0.4, -0.2) is 28.4 Å². The topological polar surface area (TPSA) is 105 Å². The van der Waals surface area contributed by atoms with Gasteiger partial charge in [-0.2, -0.15) is 8.42 Å². The molecule has 0 amide bonds. The maximum Gasteiger partial charge on any atom is 0.280 e. The Morgan fingerprint density at radius 3 is 2.23 bits per heavy atom. The molecule has 0 saturated carbocycles. The van der Waals surface area contributed by atoms with Crippen molar-refractivity contribution >= 4 is 25.4 Å². The van der Waals surface area contributed by atoms with Gasteiger partial charge in [-0.1, -0.05) is 0 Å². The van der Waals surface area contributed by atoms with Crippen molar-refractivity contribution in [2.24, 2.45) is 0 Å². The molecular formula is C13H18N4O3S2. The Morgan fingerprint density at radius 1 is 1.18 bits per heavy atom. The lowest BCUT2D eigenvalue weighted by atomic mass is 10.3. The summed E-state index contributed by atoms with van der Waals surface area (Å²) in [5.41, 5.74) is 0.325.